The zero-order valence-corrected chi connectivity index (χ0v) is 8.07. The van der Waals surface area contributed by atoms with E-state index in [1.807, 2.05) is 6.07 Å². The van der Waals surface area contributed by atoms with E-state index in [1.54, 1.807) is 12.5 Å². The van der Waals surface area contributed by atoms with Crippen LogP contribution in [0.15, 0.2) is 18.6 Å². The van der Waals surface area contributed by atoms with Crippen LogP contribution in [0.4, 0.5) is 5.82 Å². The van der Waals surface area contributed by atoms with Crippen LogP contribution in [0.25, 0.3) is 0 Å². The van der Waals surface area contributed by atoms with Gasteiger partial charge in [0.2, 0.25) is 0 Å². The fourth-order valence-corrected chi connectivity index (χ4v) is 1.47. The molecule has 1 atom stereocenters. The molecule has 4 nitrogen and oxygen atoms in total. The summed E-state index contributed by atoms with van der Waals surface area (Å²) >= 11 is 0. The van der Waals surface area contributed by atoms with E-state index >= 15 is 0 Å². The molecule has 0 aromatic carbocycles. The van der Waals surface area contributed by atoms with Crippen molar-refractivity contribution >= 4 is 18.2 Å². The van der Waals surface area contributed by atoms with Gasteiger partial charge in [0.05, 0.1) is 0 Å². The molecule has 5 heteroatoms. The van der Waals surface area contributed by atoms with Gasteiger partial charge in [-0.3, -0.25) is 0 Å². The number of halogens is 1. The normalized spacial score (nSPS) is 21.3. The van der Waals surface area contributed by atoms with Gasteiger partial charge in [-0.25, -0.2) is 9.97 Å². The molecule has 1 saturated heterocycles. The van der Waals surface area contributed by atoms with Crippen LogP contribution < -0.4 is 10.6 Å². The minimum Gasteiger partial charge on any atom is -0.355 e. The molecule has 0 radical (unpaired) electrons. The van der Waals surface area contributed by atoms with Gasteiger partial charge in [0.25, 0.3) is 0 Å². The summed E-state index contributed by atoms with van der Waals surface area (Å²) in [5, 5.41) is 0. The highest BCUT2D eigenvalue weighted by Gasteiger charge is 2.19. The van der Waals surface area contributed by atoms with Gasteiger partial charge >= 0.3 is 0 Å². The monoisotopic (exact) mass is 200 g/mol. The summed E-state index contributed by atoms with van der Waals surface area (Å²) in [6.45, 7) is 1.93. The molecule has 1 aliphatic rings. The van der Waals surface area contributed by atoms with E-state index in [1.165, 1.54) is 0 Å². The number of hydrogen-bond acceptors (Lipinski definition) is 4. The third kappa shape index (κ3) is 2.29. The largest absolute Gasteiger partial charge is 0.355 e. The molecule has 72 valence electrons. The quantitative estimate of drug-likeness (QED) is 0.715. The first kappa shape index (κ1) is 10.2. The molecular formula is C8H13ClN4. The second-order valence-electron chi connectivity index (χ2n) is 3.06. The minimum atomic E-state index is 0. The van der Waals surface area contributed by atoms with E-state index in [0.717, 1.165) is 25.3 Å². The van der Waals surface area contributed by atoms with Crippen molar-refractivity contribution in [3.63, 3.8) is 0 Å². The zero-order chi connectivity index (χ0) is 8.39. The maximum atomic E-state index is 5.78. The predicted molar refractivity (Wildman–Crippen MR) is 54.1 cm³/mol. The second-order valence-corrected chi connectivity index (χ2v) is 3.06. The first-order valence-electron chi connectivity index (χ1n) is 4.13. The van der Waals surface area contributed by atoms with Crippen LogP contribution in [0.1, 0.15) is 6.42 Å². The van der Waals surface area contributed by atoms with Crippen molar-refractivity contribution in [2.75, 3.05) is 18.0 Å². The average Bonchev–Trinajstić information content (AvgIpc) is 2.54. The number of anilines is 1. The zero-order valence-electron chi connectivity index (χ0n) is 7.26. The highest BCUT2D eigenvalue weighted by Crippen LogP contribution is 2.14. The third-order valence-corrected chi connectivity index (χ3v) is 2.12. The average molecular weight is 201 g/mol. The maximum Gasteiger partial charge on any atom is 0.131 e. The van der Waals surface area contributed by atoms with Crippen LogP contribution >= 0.6 is 12.4 Å². The number of aromatic nitrogens is 2. The Morgan fingerprint density at radius 1 is 1.54 bits per heavy atom. The fraction of sp³-hybridized carbons (Fsp3) is 0.500. The Kier molecular flexibility index (Phi) is 3.45. The summed E-state index contributed by atoms with van der Waals surface area (Å²) in [7, 11) is 0. The van der Waals surface area contributed by atoms with Gasteiger partial charge in [0.1, 0.15) is 12.1 Å². The standard InChI is InChI=1S/C8H12N4.ClH/c9-7-2-4-12(5-7)8-1-3-10-6-11-8;/h1,3,6-7H,2,4-5,9H2;1H. The van der Waals surface area contributed by atoms with E-state index in [4.69, 9.17) is 5.73 Å². The number of nitrogens with zero attached hydrogens (tertiary/aromatic N) is 3. The number of nitrogens with two attached hydrogens (primary N) is 1. The SMILES string of the molecule is Cl.NC1CCN(c2ccncn2)C1. The van der Waals surface area contributed by atoms with E-state index in [0.29, 0.717) is 6.04 Å². The summed E-state index contributed by atoms with van der Waals surface area (Å²) in [4.78, 5) is 10.2. The summed E-state index contributed by atoms with van der Waals surface area (Å²) in [6, 6.07) is 2.22. The molecule has 1 fully saturated rings. The van der Waals surface area contributed by atoms with Gasteiger partial charge in [0, 0.05) is 25.3 Å². The molecule has 2 heterocycles. The molecule has 13 heavy (non-hydrogen) atoms. The Morgan fingerprint density at radius 2 is 2.38 bits per heavy atom. The number of hydrogen-bond donors (Lipinski definition) is 1. The molecule has 1 aromatic rings. The van der Waals surface area contributed by atoms with Crippen LogP contribution in [-0.2, 0) is 0 Å². The molecule has 2 N–H and O–H groups in total. The van der Waals surface area contributed by atoms with E-state index in [9.17, 15) is 0 Å². The lowest BCUT2D eigenvalue weighted by Crippen LogP contribution is -2.26. The van der Waals surface area contributed by atoms with Crippen molar-refractivity contribution in [2.24, 2.45) is 5.73 Å². The van der Waals surface area contributed by atoms with Crippen molar-refractivity contribution in [1.82, 2.24) is 9.97 Å². The topological polar surface area (TPSA) is 55.0 Å². The molecule has 0 saturated carbocycles. The molecule has 0 spiro atoms. The molecule has 1 unspecified atom stereocenters. The van der Waals surface area contributed by atoms with Crippen molar-refractivity contribution < 1.29 is 0 Å². The van der Waals surface area contributed by atoms with Crippen LogP contribution in [0, 0.1) is 0 Å². The highest BCUT2D eigenvalue weighted by molar-refractivity contribution is 5.85. The molecule has 2 rings (SSSR count). The first-order valence-corrected chi connectivity index (χ1v) is 4.13. The van der Waals surface area contributed by atoms with Crippen LogP contribution in [-0.4, -0.2) is 29.1 Å². The molecule has 1 aliphatic heterocycles. The lowest BCUT2D eigenvalue weighted by Gasteiger charge is -2.15. The van der Waals surface area contributed by atoms with Crippen LogP contribution in [0.2, 0.25) is 0 Å². The van der Waals surface area contributed by atoms with Crippen molar-refractivity contribution in [2.45, 2.75) is 12.5 Å². The van der Waals surface area contributed by atoms with Gasteiger partial charge in [0.15, 0.2) is 0 Å². The van der Waals surface area contributed by atoms with Gasteiger partial charge in [-0.2, -0.15) is 0 Å². The Bertz CT molecular complexity index is 254. The fourth-order valence-electron chi connectivity index (χ4n) is 1.47. The Hall–Kier alpha value is -0.870. The number of rotatable bonds is 1. The van der Waals surface area contributed by atoms with Crippen LogP contribution in [0.3, 0.4) is 0 Å². The second kappa shape index (κ2) is 4.39. The molecule has 0 amide bonds. The lowest BCUT2D eigenvalue weighted by molar-refractivity contribution is 0.751. The smallest absolute Gasteiger partial charge is 0.131 e. The highest BCUT2D eigenvalue weighted by atomic mass is 35.5. The van der Waals surface area contributed by atoms with Gasteiger partial charge in [-0.15, -0.1) is 12.4 Å². The first-order chi connectivity index (χ1) is 5.86. The Labute approximate surface area is 83.6 Å². The van der Waals surface area contributed by atoms with Crippen LogP contribution in [0.5, 0.6) is 0 Å². The third-order valence-electron chi connectivity index (χ3n) is 2.12. The maximum absolute atomic E-state index is 5.78. The van der Waals surface area contributed by atoms with Gasteiger partial charge < -0.3 is 10.6 Å². The van der Waals surface area contributed by atoms with Crippen molar-refractivity contribution in [3.05, 3.63) is 18.6 Å². The van der Waals surface area contributed by atoms with Crippen molar-refractivity contribution in [3.8, 4) is 0 Å². The summed E-state index contributed by atoms with van der Waals surface area (Å²) < 4.78 is 0. The summed E-state index contributed by atoms with van der Waals surface area (Å²) in [5.41, 5.74) is 5.78. The van der Waals surface area contributed by atoms with Gasteiger partial charge in [-0.05, 0) is 12.5 Å². The molecular weight excluding hydrogens is 188 g/mol. The van der Waals surface area contributed by atoms with E-state index in [2.05, 4.69) is 14.9 Å². The lowest BCUT2D eigenvalue weighted by atomic mass is 10.3. The molecule has 1 aromatic heterocycles. The predicted octanol–water partition coefficient (Wildman–Crippen LogP) is 0.436. The van der Waals surface area contributed by atoms with Crippen molar-refractivity contribution in [1.29, 1.82) is 0 Å². The Balaban J connectivity index is 0.000000845. The van der Waals surface area contributed by atoms with E-state index in [-0.39, 0.29) is 12.4 Å². The molecule has 0 aliphatic carbocycles. The summed E-state index contributed by atoms with van der Waals surface area (Å²) in [5.74, 6) is 0.984. The minimum absolute atomic E-state index is 0. The Morgan fingerprint density at radius 3 is 2.92 bits per heavy atom. The van der Waals surface area contributed by atoms with Gasteiger partial charge in [-0.1, -0.05) is 0 Å². The summed E-state index contributed by atoms with van der Waals surface area (Å²) in [6.07, 6.45) is 4.38. The van der Waals surface area contributed by atoms with E-state index < -0.39 is 0 Å². The molecule has 0 bridgehead atoms.